The normalized spacial score (nSPS) is 17.1. The van der Waals surface area contributed by atoms with E-state index >= 15 is 0 Å². The molecular weight excluding hydrogens is 344 g/mol. The fraction of sp³-hybridized carbons (Fsp3) is 0.556. The second-order valence-electron chi connectivity index (χ2n) is 6.29. The monoisotopic (exact) mass is 370 g/mol. The average molecular weight is 371 g/mol. The number of esters is 1. The lowest BCUT2D eigenvalue weighted by molar-refractivity contribution is -0.142. The summed E-state index contributed by atoms with van der Waals surface area (Å²) in [4.78, 5) is 24.8. The van der Waals surface area contributed by atoms with Crippen LogP contribution < -0.4 is 11.1 Å². The van der Waals surface area contributed by atoms with Gasteiger partial charge >= 0.3 is 5.97 Å². The molecule has 1 amide bonds. The third kappa shape index (κ3) is 5.17. The molecule has 1 aliphatic rings. The van der Waals surface area contributed by atoms with Gasteiger partial charge in [-0.05, 0) is 25.3 Å². The Bertz CT molecular complexity index is 571. The first-order valence-electron chi connectivity index (χ1n) is 8.23. The number of ether oxygens (including phenoxy) is 2. The van der Waals surface area contributed by atoms with Gasteiger partial charge in [0.25, 0.3) is 0 Å². The summed E-state index contributed by atoms with van der Waals surface area (Å²) in [7, 11) is 1.35. The van der Waals surface area contributed by atoms with Crippen molar-refractivity contribution < 1.29 is 19.1 Å². The third-order valence-electron chi connectivity index (χ3n) is 4.75. The van der Waals surface area contributed by atoms with E-state index in [0.717, 1.165) is 11.1 Å². The largest absolute Gasteiger partial charge is 0.468 e. The molecule has 140 valence electrons. The van der Waals surface area contributed by atoms with Crippen molar-refractivity contribution in [1.82, 2.24) is 5.32 Å². The van der Waals surface area contributed by atoms with Gasteiger partial charge in [-0.25, -0.2) is 0 Å². The molecule has 0 spiro atoms. The van der Waals surface area contributed by atoms with E-state index in [1.807, 2.05) is 31.2 Å². The van der Waals surface area contributed by atoms with Gasteiger partial charge in [0.1, 0.15) is 0 Å². The van der Waals surface area contributed by atoms with E-state index < -0.39 is 11.3 Å². The second kappa shape index (κ2) is 9.75. The summed E-state index contributed by atoms with van der Waals surface area (Å²) in [6, 6.07) is 7.65. The minimum atomic E-state index is -0.605. The molecule has 3 N–H and O–H groups in total. The molecule has 1 saturated heterocycles. The van der Waals surface area contributed by atoms with Gasteiger partial charge in [0.15, 0.2) is 0 Å². The van der Waals surface area contributed by atoms with Gasteiger partial charge in [0.05, 0.1) is 18.4 Å². The summed E-state index contributed by atoms with van der Waals surface area (Å²) in [5.41, 5.74) is 7.17. The zero-order valence-electron chi connectivity index (χ0n) is 14.7. The van der Waals surface area contributed by atoms with Gasteiger partial charge in [-0.3, -0.25) is 9.59 Å². The standard InChI is InChI=1S/C18H26N2O4.ClH/c1-13-3-5-14(6-4-13)15(16(21)23-2)11-20-17(22)18(12-19)7-9-24-10-8-18;/h3-6,15H,7-12,19H2,1-2H3,(H,20,22);1H. The predicted octanol–water partition coefficient (Wildman–Crippen LogP) is 1.55. The summed E-state index contributed by atoms with van der Waals surface area (Å²) in [5, 5.41) is 2.90. The van der Waals surface area contributed by atoms with Crippen molar-refractivity contribution in [2.24, 2.45) is 11.1 Å². The molecule has 2 rings (SSSR count). The van der Waals surface area contributed by atoms with Crippen LogP contribution in [-0.2, 0) is 19.1 Å². The summed E-state index contributed by atoms with van der Waals surface area (Å²) in [6.07, 6.45) is 1.20. The van der Waals surface area contributed by atoms with Crippen molar-refractivity contribution in [3.05, 3.63) is 35.4 Å². The van der Waals surface area contributed by atoms with Gasteiger partial charge in [-0.2, -0.15) is 0 Å². The van der Waals surface area contributed by atoms with Crippen molar-refractivity contribution in [2.75, 3.05) is 33.4 Å². The Hall–Kier alpha value is -1.63. The quantitative estimate of drug-likeness (QED) is 0.741. The molecular formula is C18H27ClN2O4. The number of hydrogen-bond donors (Lipinski definition) is 2. The summed E-state index contributed by atoms with van der Waals surface area (Å²) < 4.78 is 10.2. The highest BCUT2D eigenvalue weighted by molar-refractivity contribution is 5.85. The van der Waals surface area contributed by atoms with Crippen LogP contribution in [0.1, 0.15) is 29.9 Å². The zero-order valence-corrected chi connectivity index (χ0v) is 15.6. The fourth-order valence-electron chi connectivity index (χ4n) is 2.95. The number of nitrogens with two attached hydrogens (primary N) is 1. The molecule has 1 aromatic rings. The molecule has 1 aliphatic heterocycles. The smallest absolute Gasteiger partial charge is 0.314 e. The maximum Gasteiger partial charge on any atom is 0.314 e. The number of benzene rings is 1. The minimum absolute atomic E-state index is 0. The van der Waals surface area contributed by atoms with E-state index in [4.69, 9.17) is 15.2 Å². The SMILES string of the molecule is COC(=O)C(CNC(=O)C1(CN)CCOCC1)c1ccc(C)cc1.Cl. The number of carbonyl (C=O) groups excluding carboxylic acids is 2. The van der Waals surface area contributed by atoms with E-state index in [0.29, 0.717) is 26.1 Å². The second-order valence-corrected chi connectivity index (χ2v) is 6.29. The first-order valence-corrected chi connectivity index (χ1v) is 8.23. The van der Waals surface area contributed by atoms with Crippen LogP contribution in [0.25, 0.3) is 0 Å². The number of hydrogen-bond acceptors (Lipinski definition) is 5. The van der Waals surface area contributed by atoms with Crippen LogP contribution in [-0.4, -0.2) is 45.3 Å². The van der Waals surface area contributed by atoms with Crippen molar-refractivity contribution in [1.29, 1.82) is 0 Å². The number of nitrogens with one attached hydrogen (secondary N) is 1. The molecule has 0 saturated carbocycles. The van der Waals surface area contributed by atoms with Crippen molar-refractivity contribution in [3.63, 3.8) is 0 Å². The van der Waals surface area contributed by atoms with Gasteiger partial charge in [-0.15, -0.1) is 12.4 Å². The highest BCUT2D eigenvalue weighted by atomic mass is 35.5. The molecule has 0 radical (unpaired) electrons. The van der Waals surface area contributed by atoms with E-state index in [1.165, 1.54) is 7.11 Å². The maximum atomic E-state index is 12.7. The Balaban J connectivity index is 0.00000312. The number of methoxy groups -OCH3 is 1. The fourth-order valence-corrected chi connectivity index (χ4v) is 2.95. The molecule has 0 bridgehead atoms. The van der Waals surface area contributed by atoms with Gasteiger partial charge in [0.2, 0.25) is 5.91 Å². The number of halogens is 1. The predicted molar refractivity (Wildman–Crippen MR) is 97.7 cm³/mol. The van der Waals surface area contributed by atoms with Crippen molar-refractivity contribution in [2.45, 2.75) is 25.7 Å². The number of aryl methyl sites for hydroxylation is 1. The summed E-state index contributed by atoms with van der Waals surface area (Å²) in [5.74, 6) is -1.02. The molecule has 25 heavy (non-hydrogen) atoms. The Morgan fingerprint density at radius 2 is 1.88 bits per heavy atom. The van der Waals surface area contributed by atoms with Crippen molar-refractivity contribution >= 4 is 24.3 Å². The van der Waals surface area contributed by atoms with Gasteiger partial charge in [0, 0.05) is 26.3 Å². The number of carbonyl (C=O) groups is 2. The summed E-state index contributed by atoms with van der Waals surface area (Å²) in [6.45, 7) is 3.51. The van der Waals surface area contributed by atoms with E-state index in [1.54, 1.807) is 0 Å². The summed E-state index contributed by atoms with van der Waals surface area (Å²) >= 11 is 0. The minimum Gasteiger partial charge on any atom is -0.468 e. The Morgan fingerprint density at radius 1 is 1.28 bits per heavy atom. The first kappa shape index (κ1) is 21.4. The van der Waals surface area contributed by atoms with Crippen LogP contribution in [0.5, 0.6) is 0 Å². The number of amides is 1. The van der Waals surface area contributed by atoms with Crippen LogP contribution in [0.15, 0.2) is 24.3 Å². The molecule has 0 aromatic heterocycles. The van der Waals surface area contributed by atoms with Gasteiger partial charge < -0.3 is 20.5 Å². The van der Waals surface area contributed by atoms with Crippen LogP contribution >= 0.6 is 12.4 Å². The maximum absolute atomic E-state index is 12.7. The van der Waals surface area contributed by atoms with E-state index in [9.17, 15) is 9.59 Å². The Labute approximate surface area is 154 Å². The molecule has 1 fully saturated rings. The average Bonchev–Trinajstić information content (AvgIpc) is 2.63. The highest BCUT2D eigenvalue weighted by Gasteiger charge is 2.39. The van der Waals surface area contributed by atoms with E-state index in [2.05, 4.69) is 5.32 Å². The molecule has 6 nitrogen and oxygen atoms in total. The Morgan fingerprint density at radius 3 is 2.40 bits per heavy atom. The van der Waals surface area contributed by atoms with E-state index in [-0.39, 0.29) is 37.4 Å². The Kier molecular flexibility index (Phi) is 8.35. The number of rotatable bonds is 6. The van der Waals surface area contributed by atoms with Crippen LogP contribution in [0.4, 0.5) is 0 Å². The third-order valence-corrected chi connectivity index (χ3v) is 4.75. The van der Waals surface area contributed by atoms with Crippen LogP contribution in [0.3, 0.4) is 0 Å². The van der Waals surface area contributed by atoms with Crippen LogP contribution in [0.2, 0.25) is 0 Å². The van der Waals surface area contributed by atoms with Crippen LogP contribution in [0, 0.1) is 12.3 Å². The lowest BCUT2D eigenvalue weighted by atomic mass is 9.79. The molecule has 7 heteroatoms. The molecule has 0 aliphatic carbocycles. The zero-order chi connectivity index (χ0) is 17.6. The lowest BCUT2D eigenvalue weighted by Crippen LogP contribution is -2.50. The molecule has 1 atom stereocenters. The van der Waals surface area contributed by atoms with Crippen molar-refractivity contribution in [3.8, 4) is 0 Å². The topological polar surface area (TPSA) is 90.7 Å². The first-order chi connectivity index (χ1) is 11.5. The molecule has 1 unspecified atom stereocenters. The lowest BCUT2D eigenvalue weighted by Gasteiger charge is -2.34. The molecule has 1 aromatic carbocycles. The van der Waals surface area contributed by atoms with Gasteiger partial charge in [-0.1, -0.05) is 29.8 Å². The highest BCUT2D eigenvalue weighted by Crippen LogP contribution is 2.29. The molecule has 1 heterocycles.